The Hall–Kier alpha value is -0.410. The van der Waals surface area contributed by atoms with E-state index in [0.29, 0.717) is 11.8 Å². The summed E-state index contributed by atoms with van der Waals surface area (Å²) in [5.41, 5.74) is 6.95. The summed E-state index contributed by atoms with van der Waals surface area (Å²) in [5.74, 6) is 1.81. The maximum atomic E-state index is 13.3. The molecule has 3 atom stereocenters. The van der Waals surface area contributed by atoms with Gasteiger partial charge < -0.3 is 5.73 Å². The summed E-state index contributed by atoms with van der Waals surface area (Å²) in [6.45, 7) is 3.06. The van der Waals surface area contributed by atoms with E-state index in [9.17, 15) is 4.39 Å². The van der Waals surface area contributed by atoms with Crippen LogP contribution in [0.3, 0.4) is 0 Å². The van der Waals surface area contributed by atoms with Crippen LogP contribution in [0.2, 0.25) is 0 Å². The van der Waals surface area contributed by atoms with Gasteiger partial charge in [-0.2, -0.15) is 0 Å². The molecule has 0 aliphatic heterocycles. The Morgan fingerprint density at radius 3 is 2.83 bits per heavy atom. The predicted octanol–water partition coefficient (Wildman–Crippen LogP) is 4.14. The molecule has 1 fully saturated rings. The first-order chi connectivity index (χ1) is 8.60. The molecule has 0 heterocycles. The van der Waals surface area contributed by atoms with Crippen molar-refractivity contribution < 1.29 is 4.39 Å². The van der Waals surface area contributed by atoms with E-state index in [-0.39, 0.29) is 5.82 Å². The standard InChI is InChI=1S/C15H21BrFN/c1-10-2-3-11(9-18)12(6-10)7-13-8-14(17)4-5-15(13)16/h4-5,8,10-12H,2-3,6-7,9,18H2,1H3. The van der Waals surface area contributed by atoms with Crippen LogP contribution in [0, 0.1) is 23.6 Å². The topological polar surface area (TPSA) is 26.0 Å². The second kappa shape index (κ2) is 6.16. The van der Waals surface area contributed by atoms with E-state index in [2.05, 4.69) is 22.9 Å². The summed E-state index contributed by atoms with van der Waals surface area (Å²) in [7, 11) is 0. The normalized spacial score (nSPS) is 28.3. The summed E-state index contributed by atoms with van der Waals surface area (Å²) in [4.78, 5) is 0. The van der Waals surface area contributed by atoms with Gasteiger partial charge >= 0.3 is 0 Å². The molecule has 0 radical (unpaired) electrons. The highest BCUT2D eigenvalue weighted by molar-refractivity contribution is 9.10. The van der Waals surface area contributed by atoms with Crippen LogP contribution in [0.15, 0.2) is 22.7 Å². The number of nitrogens with two attached hydrogens (primary N) is 1. The third-order valence-electron chi connectivity index (χ3n) is 4.19. The van der Waals surface area contributed by atoms with Crippen LogP contribution in [0.5, 0.6) is 0 Å². The van der Waals surface area contributed by atoms with Gasteiger partial charge in [0.05, 0.1) is 0 Å². The molecule has 1 aromatic rings. The smallest absolute Gasteiger partial charge is 0.123 e. The monoisotopic (exact) mass is 313 g/mol. The van der Waals surface area contributed by atoms with Crippen molar-refractivity contribution in [2.45, 2.75) is 32.6 Å². The Kier molecular flexibility index (Phi) is 4.79. The zero-order valence-corrected chi connectivity index (χ0v) is 12.4. The van der Waals surface area contributed by atoms with Crippen LogP contribution in [-0.4, -0.2) is 6.54 Å². The molecule has 0 aromatic heterocycles. The van der Waals surface area contributed by atoms with E-state index < -0.39 is 0 Å². The first-order valence-corrected chi connectivity index (χ1v) is 7.53. The molecule has 1 nitrogen and oxygen atoms in total. The van der Waals surface area contributed by atoms with E-state index in [1.165, 1.54) is 25.3 Å². The summed E-state index contributed by atoms with van der Waals surface area (Å²) < 4.78 is 14.3. The minimum atomic E-state index is -0.152. The molecule has 3 unspecified atom stereocenters. The molecule has 0 saturated heterocycles. The lowest BCUT2D eigenvalue weighted by Gasteiger charge is -2.34. The third kappa shape index (κ3) is 3.33. The van der Waals surface area contributed by atoms with Crippen molar-refractivity contribution >= 4 is 15.9 Å². The SMILES string of the molecule is CC1CCC(CN)C(Cc2cc(F)ccc2Br)C1. The van der Waals surface area contributed by atoms with E-state index in [1.807, 2.05) is 0 Å². The Labute approximate surface area is 117 Å². The minimum absolute atomic E-state index is 0.152. The maximum Gasteiger partial charge on any atom is 0.123 e. The van der Waals surface area contributed by atoms with Gasteiger partial charge in [-0.1, -0.05) is 29.3 Å². The molecule has 0 amide bonds. The van der Waals surface area contributed by atoms with Gasteiger partial charge in [0, 0.05) is 4.47 Å². The van der Waals surface area contributed by atoms with Gasteiger partial charge in [-0.25, -0.2) is 4.39 Å². The molecule has 1 aliphatic carbocycles. The molecule has 1 aromatic carbocycles. The third-order valence-corrected chi connectivity index (χ3v) is 4.97. The van der Waals surface area contributed by atoms with Gasteiger partial charge in [0.1, 0.15) is 5.82 Å². The van der Waals surface area contributed by atoms with Gasteiger partial charge in [-0.3, -0.25) is 0 Å². The molecule has 1 saturated carbocycles. The molecule has 0 spiro atoms. The predicted molar refractivity (Wildman–Crippen MR) is 76.9 cm³/mol. The first-order valence-electron chi connectivity index (χ1n) is 6.74. The van der Waals surface area contributed by atoms with E-state index >= 15 is 0 Å². The van der Waals surface area contributed by atoms with Crippen molar-refractivity contribution in [3.8, 4) is 0 Å². The summed E-state index contributed by atoms with van der Waals surface area (Å²) in [5, 5.41) is 0. The number of rotatable bonds is 3. The quantitative estimate of drug-likeness (QED) is 0.891. The molecular weight excluding hydrogens is 293 g/mol. The van der Waals surface area contributed by atoms with Crippen molar-refractivity contribution in [2.75, 3.05) is 6.54 Å². The Bertz CT molecular complexity index is 407. The van der Waals surface area contributed by atoms with Crippen LogP contribution < -0.4 is 5.73 Å². The molecule has 18 heavy (non-hydrogen) atoms. The minimum Gasteiger partial charge on any atom is -0.330 e. The van der Waals surface area contributed by atoms with Gasteiger partial charge in [0.2, 0.25) is 0 Å². The van der Waals surface area contributed by atoms with Crippen molar-refractivity contribution in [3.63, 3.8) is 0 Å². The van der Waals surface area contributed by atoms with Crippen LogP contribution in [-0.2, 0) is 6.42 Å². The van der Waals surface area contributed by atoms with Crippen LogP contribution in [0.25, 0.3) is 0 Å². The van der Waals surface area contributed by atoms with Gasteiger partial charge in [0.25, 0.3) is 0 Å². The van der Waals surface area contributed by atoms with Gasteiger partial charge in [0.15, 0.2) is 0 Å². The van der Waals surface area contributed by atoms with Crippen molar-refractivity contribution in [1.29, 1.82) is 0 Å². The Morgan fingerprint density at radius 2 is 2.11 bits per heavy atom. The Balaban J connectivity index is 2.12. The lowest BCUT2D eigenvalue weighted by atomic mass is 9.72. The molecule has 0 bridgehead atoms. The maximum absolute atomic E-state index is 13.3. The first kappa shape index (κ1) is 14.0. The second-order valence-electron chi connectivity index (χ2n) is 5.61. The average molecular weight is 314 g/mol. The van der Waals surface area contributed by atoms with Crippen LogP contribution in [0.1, 0.15) is 31.7 Å². The van der Waals surface area contributed by atoms with Crippen LogP contribution in [0.4, 0.5) is 4.39 Å². The molecule has 100 valence electrons. The van der Waals surface area contributed by atoms with Crippen molar-refractivity contribution in [3.05, 3.63) is 34.1 Å². The largest absolute Gasteiger partial charge is 0.330 e. The zero-order valence-electron chi connectivity index (χ0n) is 10.8. The fourth-order valence-electron chi connectivity index (χ4n) is 3.10. The molecule has 3 heteroatoms. The van der Waals surface area contributed by atoms with E-state index in [0.717, 1.165) is 28.9 Å². The Morgan fingerprint density at radius 1 is 1.33 bits per heavy atom. The van der Waals surface area contributed by atoms with Gasteiger partial charge in [-0.05, 0) is 67.3 Å². The number of hydrogen-bond acceptors (Lipinski definition) is 1. The fourth-order valence-corrected chi connectivity index (χ4v) is 3.51. The highest BCUT2D eigenvalue weighted by Gasteiger charge is 2.28. The van der Waals surface area contributed by atoms with Crippen molar-refractivity contribution in [2.24, 2.45) is 23.5 Å². The van der Waals surface area contributed by atoms with E-state index in [1.54, 1.807) is 12.1 Å². The number of hydrogen-bond donors (Lipinski definition) is 1. The van der Waals surface area contributed by atoms with Crippen LogP contribution >= 0.6 is 15.9 Å². The number of benzene rings is 1. The summed E-state index contributed by atoms with van der Waals surface area (Å²) in [6.07, 6.45) is 4.65. The van der Waals surface area contributed by atoms with Gasteiger partial charge in [-0.15, -0.1) is 0 Å². The fraction of sp³-hybridized carbons (Fsp3) is 0.600. The molecule has 2 rings (SSSR count). The molecular formula is C15H21BrFN. The molecule has 1 aliphatic rings. The summed E-state index contributed by atoms with van der Waals surface area (Å²) >= 11 is 3.52. The second-order valence-corrected chi connectivity index (χ2v) is 6.47. The molecule has 2 N–H and O–H groups in total. The highest BCUT2D eigenvalue weighted by Crippen LogP contribution is 2.36. The zero-order chi connectivity index (χ0) is 13.1. The average Bonchev–Trinajstić information content (AvgIpc) is 2.34. The number of halogens is 2. The van der Waals surface area contributed by atoms with E-state index in [4.69, 9.17) is 5.73 Å². The summed E-state index contributed by atoms with van der Waals surface area (Å²) in [6, 6.07) is 4.95. The highest BCUT2D eigenvalue weighted by atomic mass is 79.9. The van der Waals surface area contributed by atoms with Crippen molar-refractivity contribution in [1.82, 2.24) is 0 Å². The lowest BCUT2D eigenvalue weighted by Crippen LogP contribution is -2.31. The lowest BCUT2D eigenvalue weighted by molar-refractivity contribution is 0.193.